The molecule has 25 heavy (non-hydrogen) atoms. The number of carbonyl (C=O) groups is 1. The van der Waals surface area contributed by atoms with Gasteiger partial charge in [0.1, 0.15) is 12.4 Å². The zero-order valence-corrected chi connectivity index (χ0v) is 14.3. The van der Waals surface area contributed by atoms with E-state index in [-0.39, 0.29) is 12.7 Å². The quantitative estimate of drug-likeness (QED) is 0.737. The van der Waals surface area contributed by atoms with Gasteiger partial charge in [0.15, 0.2) is 0 Å². The molecule has 132 valence electrons. The van der Waals surface area contributed by atoms with Gasteiger partial charge >= 0.3 is 5.97 Å². The standard InChI is InChI=1S/C21H24O4/c22-21(23)15-24-13-12-16-6-8-17(9-7-16)18-10-11-20(14-18)25-19-4-2-1-3-5-19/h1-9,18,20H,10-15H2,(H,22,23)/t18?,20-/m0/s1. The van der Waals surface area contributed by atoms with Gasteiger partial charge in [-0.15, -0.1) is 0 Å². The average Bonchev–Trinajstić information content (AvgIpc) is 3.08. The van der Waals surface area contributed by atoms with Crippen LogP contribution in [0.1, 0.15) is 36.3 Å². The molecule has 1 aliphatic rings. The van der Waals surface area contributed by atoms with Gasteiger partial charge in [0.2, 0.25) is 0 Å². The molecular weight excluding hydrogens is 316 g/mol. The van der Waals surface area contributed by atoms with E-state index in [1.807, 2.05) is 30.3 Å². The fraction of sp³-hybridized carbons (Fsp3) is 0.381. The van der Waals surface area contributed by atoms with Crippen molar-refractivity contribution < 1.29 is 19.4 Å². The van der Waals surface area contributed by atoms with E-state index in [0.717, 1.165) is 31.4 Å². The van der Waals surface area contributed by atoms with Crippen molar-refractivity contribution in [3.8, 4) is 5.75 Å². The van der Waals surface area contributed by atoms with Crippen molar-refractivity contribution in [3.05, 3.63) is 65.7 Å². The molecule has 1 unspecified atom stereocenters. The second-order valence-corrected chi connectivity index (χ2v) is 6.50. The number of carboxylic acids is 1. The van der Waals surface area contributed by atoms with Crippen molar-refractivity contribution in [1.82, 2.24) is 0 Å². The number of ether oxygens (including phenoxy) is 2. The Bertz CT molecular complexity index is 666. The number of benzene rings is 2. The number of hydrogen-bond donors (Lipinski definition) is 1. The van der Waals surface area contributed by atoms with E-state index in [9.17, 15) is 4.79 Å². The molecule has 1 N–H and O–H groups in total. The van der Waals surface area contributed by atoms with Crippen LogP contribution in [0.4, 0.5) is 0 Å². The monoisotopic (exact) mass is 340 g/mol. The Morgan fingerprint density at radius 1 is 1.04 bits per heavy atom. The summed E-state index contributed by atoms with van der Waals surface area (Å²) >= 11 is 0. The number of carboxylic acid groups (broad SMARTS) is 1. The summed E-state index contributed by atoms with van der Waals surface area (Å²) in [5, 5.41) is 8.55. The van der Waals surface area contributed by atoms with E-state index >= 15 is 0 Å². The zero-order valence-electron chi connectivity index (χ0n) is 14.3. The first-order chi connectivity index (χ1) is 12.2. The molecule has 0 spiro atoms. The molecule has 0 aromatic heterocycles. The predicted octanol–water partition coefficient (Wildman–Crippen LogP) is 4.05. The van der Waals surface area contributed by atoms with Crippen LogP contribution >= 0.6 is 0 Å². The van der Waals surface area contributed by atoms with Crippen molar-refractivity contribution in [2.24, 2.45) is 0 Å². The highest BCUT2D eigenvalue weighted by molar-refractivity contribution is 5.67. The summed E-state index contributed by atoms with van der Waals surface area (Å²) < 4.78 is 11.2. The first-order valence-corrected chi connectivity index (χ1v) is 8.81. The van der Waals surface area contributed by atoms with Gasteiger partial charge < -0.3 is 14.6 Å². The molecule has 1 fully saturated rings. The fourth-order valence-corrected chi connectivity index (χ4v) is 3.35. The highest BCUT2D eigenvalue weighted by atomic mass is 16.5. The van der Waals surface area contributed by atoms with Gasteiger partial charge in [0, 0.05) is 0 Å². The highest BCUT2D eigenvalue weighted by Crippen LogP contribution is 2.36. The summed E-state index contributed by atoms with van der Waals surface area (Å²) in [6, 6.07) is 18.6. The zero-order chi connectivity index (χ0) is 17.5. The van der Waals surface area contributed by atoms with Crippen LogP contribution in [0.2, 0.25) is 0 Å². The maximum Gasteiger partial charge on any atom is 0.329 e. The van der Waals surface area contributed by atoms with Crippen LogP contribution in [0.25, 0.3) is 0 Å². The normalized spacial score (nSPS) is 19.7. The number of rotatable bonds is 8. The van der Waals surface area contributed by atoms with E-state index in [4.69, 9.17) is 14.6 Å². The van der Waals surface area contributed by atoms with Crippen LogP contribution in [0.15, 0.2) is 54.6 Å². The lowest BCUT2D eigenvalue weighted by Gasteiger charge is -2.14. The van der Waals surface area contributed by atoms with Crippen LogP contribution in [0.3, 0.4) is 0 Å². The van der Waals surface area contributed by atoms with Crippen LogP contribution in [0.5, 0.6) is 5.75 Å². The van der Waals surface area contributed by atoms with E-state index in [1.165, 1.54) is 11.1 Å². The average molecular weight is 340 g/mol. The summed E-state index contributed by atoms with van der Waals surface area (Å²) in [5.74, 6) is 0.569. The Hall–Kier alpha value is -2.33. The SMILES string of the molecule is O=C(O)COCCc1ccc(C2CC[C@H](Oc3ccccc3)C2)cc1. The van der Waals surface area contributed by atoms with Gasteiger partial charge in [-0.1, -0.05) is 42.5 Å². The molecule has 4 nitrogen and oxygen atoms in total. The van der Waals surface area contributed by atoms with Gasteiger partial charge in [0.25, 0.3) is 0 Å². The molecule has 0 aliphatic heterocycles. The van der Waals surface area contributed by atoms with Crippen LogP contribution in [0, 0.1) is 0 Å². The third-order valence-corrected chi connectivity index (χ3v) is 4.64. The topological polar surface area (TPSA) is 55.8 Å². The maximum absolute atomic E-state index is 10.4. The Balaban J connectivity index is 1.47. The molecule has 2 atom stereocenters. The number of para-hydroxylation sites is 1. The highest BCUT2D eigenvalue weighted by Gasteiger charge is 2.27. The summed E-state index contributed by atoms with van der Waals surface area (Å²) in [7, 11) is 0. The van der Waals surface area contributed by atoms with Gasteiger partial charge in [-0.05, 0) is 54.9 Å². The first kappa shape index (κ1) is 17.5. The Kier molecular flexibility index (Phi) is 6.07. The minimum absolute atomic E-state index is 0.233. The van der Waals surface area contributed by atoms with Crippen molar-refractivity contribution in [1.29, 1.82) is 0 Å². The molecule has 0 bridgehead atoms. The Morgan fingerprint density at radius 2 is 1.80 bits per heavy atom. The Morgan fingerprint density at radius 3 is 2.52 bits per heavy atom. The minimum Gasteiger partial charge on any atom is -0.490 e. The summed E-state index contributed by atoms with van der Waals surface area (Å²) in [6.45, 7) is 0.199. The second kappa shape index (κ2) is 8.67. The number of aliphatic carboxylic acids is 1. The van der Waals surface area contributed by atoms with E-state index < -0.39 is 5.97 Å². The van der Waals surface area contributed by atoms with Crippen LogP contribution < -0.4 is 4.74 Å². The van der Waals surface area contributed by atoms with Crippen molar-refractivity contribution in [3.63, 3.8) is 0 Å². The van der Waals surface area contributed by atoms with Gasteiger partial charge in [-0.25, -0.2) is 4.79 Å². The molecule has 0 saturated heterocycles. The second-order valence-electron chi connectivity index (χ2n) is 6.50. The van der Waals surface area contributed by atoms with Crippen molar-refractivity contribution >= 4 is 5.97 Å². The predicted molar refractivity (Wildman–Crippen MR) is 96.1 cm³/mol. The lowest BCUT2D eigenvalue weighted by molar-refractivity contribution is -0.142. The number of hydrogen-bond acceptors (Lipinski definition) is 3. The molecule has 3 rings (SSSR count). The third kappa shape index (κ3) is 5.33. The van der Waals surface area contributed by atoms with E-state index in [2.05, 4.69) is 24.3 Å². The maximum atomic E-state index is 10.4. The molecular formula is C21H24O4. The molecule has 4 heteroatoms. The lowest BCUT2D eigenvalue weighted by atomic mass is 9.96. The lowest BCUT2D eigenvalue weighted by Crippen LogP contribution is -2.11. The summed E-state index contributed by atoms with van der Waals surface area (Å²) in [6.07, 6.45) is 4.31. The molecule has 0 heterocycles. The van der Waals surface area contributed by atoms with E-state index in [0.29, 0.717) is 12.5 Å². The van der Waals surface area contributed by atoms with Gasteiger partial charge in [-0.2, -0.15) is 0 Å². The molecule has 2 aromatic carbocycles. The third-order valence-electron chi connectivity index (χ3n) is 4.64. The van der Waals surface area contributed by atoms with Crippen LogP contribution in [-0.2, 0) is 16.0 Å². The summed E-state index contributed by atoms with van der Waals surface area (Å²) in [4.78, 5) is 10.4. The fourth-order valence-electron chi connectivity index (χ4n) is 3.35. The minimum atomic E-state index is -0.927. The van der Waals surface area contributed by atoms with Gasteiger partial charge in [0.05, 0.1) is 12.7 Å². The van der Waals surface area contributed by atoms with Crippen molar-refractivity contribution in [2.45, 2.75) is 37.7 Å². The van der Waals surface area contributed by atoms with E-state index in [1.54, 1.807) is 0 Å². The van der Waals surface area contributed by atoms with Gasteiger partial charge in [-0.3, -0.25) is 0 Å². The largest absolute Gasteiger partial charge is 0.490 e. The first-order valence-electron chi connectivity index (χ1n) is 8.81. The van der Waals surface area contributed by atoms with Crippen molar-refractivity contribution in [2.75, 3.05) is 13.2 Å². The molecule has 2 aromatic rings. The summed E-state index contributed by atoms with van der Waals surface area (Å²) in [5.41, 5.74) is 2.53. The molecule has 0 amide bonds. The van der Waals surface area contributed by atoms with Crippen LogP contribution in [-0.4, -0.2) is 30.4 Å². The Labute approximate surface area is 148 Å². The molecule has 1 aliphatic carbocycles. The molecule has 1 saturated carbocycles. The smallest absolute Gasteiger partial charge is 0.329 e. The molecule has 0 radical (unpaired) electrons.